The van der Waals surface area contributed by atoms with Gasteiger partial charge >= 0.3 is 0 Å². The molecule has 10 rings (SSSR count). The van der Waals surface area contributed by atoms with Crippen LogP contribution in [0.3, 0.4) is 0 Å². The van der Waals surface area contributed by atoms with E-state index in [2.05, 4.69) is 39.2 Å². The standard InChI is InChI=1S/C47H47N5O6.ClH/c1-30-28-56-20-19-49(30)27-36-21-31-7-3-4-8-33(31)26-51(36)46(54)39-25-45-44(57-29-58-45)24-38(39)43-23-40(42-9-5-6-17-50(42)43)47(55)52(34-10-13-37(53)14-11-34)35-12-15-41-32(22-35)16-18-48(41)2;/h3-4,7-8,10-16,18,22-25,30,36,53H,5-6,9,17,19-21,26-29H2,1-2H3;1H/t30-,36+;/m1./s1. The number of halogens is 1. The number of fused-ring (bicyclic) bond motifs is 4. The van der Waals surface area contributed by atoms with Crippen LogP contribution in [0.1, 0.15) is 57.3 Å². The minimum atomic E-state index is -0.182. The van der Waals surface area contributed by atoms with E-state index in [0.29, 0.717) is 54.6 Å². The summed E-state index contributed by atoms with van der Waals surface area (Å²) in [5, 5.41) is 11.2. The Balaban J connectivity index is 0.00000449. The molecule has 4 aliphatic rings. The molecule has 2 amide bonds. The zero-order chi connectivity index (χ0) is 39.5. The molecule has 2 atom stereocenters. The molecule has 1 saturated heterocycles. The van der Waals surface area contributed by atoms with Crippen molar-refractivity contribution in [2.75, 3.05) is 38.0 Å². The van der Waals surface area contributed by atoms with E-state index >= 15 is 9.59 Å². The highest BCUT2D eigenvalue weighted by Gasteiger charge is 2.37. The number of carbonyl (C=O) groups is 2. The lowest BCUT2D eigenvalue weighted by Crippen LogP contribution is -2.54. The van der Waals surface area contributed by atoms with Gasteiger partial charge < -0.3 is 33.4 Å². The molecule has 0 aliphatic carbocycles. The predicted molar refractivity (Wildman–Crippen MR) is 229 cm³/mol. The second-order valence-corrected chi connectivity index (χ2v) is 16.1. The number of phenols is 1. The van der Waals surface area contributed by atoms with Gasteiger partial charge in [-0.1, -0.05) is 24.3 Å². The van der Waals surface area contributed by atoms with Gasteiger partial charge in [0.25, 0.3) is 11.8 Å². The first-order valence-corrected chi connectivity index (χ1v) is 20.4. The second-order valence-electron chi connectivity index (χ2n) is 16.1. The number of carbonyl (C=O) groups excluding carboxylic acids is 2. The monoisotopic (exact) mass is 813 g/mol. The number of nitrogens with zero attached hydrogens (tertiary/aromatic N) is 5. The fraction of sp³-hybridized carbons (Fsp3) is 0.319. The Hall–Kier alpha value is -5.75. The van der Waals surface area contributed by atoms with E-state index in [0.717, 1.165) is 77.9 Å². The summed E-state index contributed by atoms with van der Waals surface area (Å²) in [5.74, 6) is 0.987. The van der Waals surface area contributed by atoms with E-state index in [9.17, 15) is 5.11 Å². The highest BCUT2D eigenvalue weighted by Crippen LogP contribution is 2.43. The average Bonchev–Trinajstić information content (AvgIpc) is 3.98. The summed E-state index contributed by atoms with van der Waals surface area (Å²) in [6.45, 7) is 6.39. The number of hydrogen-bond acceptors (Lipinski definition) is 7. The van der Waals surface area contributed by atoms with E-state index in [1.807, 2.05) is 66.7 Å². The van der Waals surface area contributed by atoms with Crippen LogP contribution >= 0.6 is 12.4 Å². The first kappa shape index (κ1) is 38.8. The van der Waals surface area contributed by atoms with Crippen LogP contribution in [0.4, 0.5) is 11.4 Å². The molecule has 0 saturated carbocycles. The summed E-state index contributed by atoms with van der Waals surface area (Å²) in [7, 11) is 2.00. The topological polar surface area (TPSA) is 102 Å². The van der Waals surface area contributed by atoms with E-state index < -0.39 is 0 Å². The van der Waals surface area contributed by atoms with Crippen LogP contribution in [0.25, 0.3) is 22.2 Å². The van der Waals surface area contributed by atoms with Crippen molar-refractivity contribution >= 4 is 46.5 Å². The molecule has 1 N–H and O–H groups in total. The van der Waals surface area contributed by atoms with Crippen molar-refractivity contribution in [1.82, 2.24) is 18.9 Å². The predicted octanol–water partition coefficient (Wildman–Crippen LogP) is 8.11. The van der Waals surface area contributed by atoms with Gasteiger partial charge in [-0.15, -0.1) is 12.4 Å². The summed E-state index contributed by atoms with van der Waals surface area (Å²) in [6.07, 6.45) is 5.38. The van der Waals surface area contributed by atoms with Crippen LogP contribution in [0.5, 0.6) is 17.2 Å². The van der Waals surface area contributed by atoms with Gasteiger partial charge in [-0.05, 0) is 110 Å². The lowest BCUT2D eigenvalue weighted by atomic mass is 9.91. The summed E-state index contributed by atoms with van der Waals surface area (Å²) in [5.41, 5.74) is 8.42. The summed E-state index contributed by atoms with van der Waals surface area (Å²) >= 11 is 0. The number of aromatic nitrogens is 2. The molecule has 0 unspecified atom stereocenters. The van der Waals surface area contributed by atoms with Gasteiger partial charge in [-0.2, -0.15) is 0 Å². The Labute approximate surface area is 349 Å². The molecule has 0 radical (unpaired) electrons. The molecule has 12 heteroatoms. The van der Waals surface area contributed by atoms with Crippen LogP contribution in [-0.2, 0) is 37.7 Å². The molecule has 6 aromatic rings. The minimum absolute atomic E-state index is 0. The Bertz CT molecular complexity index is 2560. The van der Waals surface area contributed by atoms with E-state index in [-0.39, 0.29) is 48.8 Å². The van der Waals surface area contributed by atoms with Crippen LogP contribution in [-0.4, -0.2) is 81.0 Å². The first-order chi connectivity index (χ1) is 28.3. The maximum absolute atomic E-state index is 15.3. The molecule has 0 bridgehead atoms. The molecule has 0 spiro atoms. The van der Waals surface area contributed by atoms with Crippen LogP contribution in [0.15, 0.2) is 97.2 Å². The summed E-state index contributed by atoms with van der Waals surface area (Å²) < 4.78 is 21.9. The molecule has 4 aromatic carbocycles. The van der Waals surface area contributed by atoms with Crippen molar-refractivity contribution in [1.29, 1.82) is 0 Å². The van der Waals surface area contributed by atoms with Gasteiger partial charge in [0.2, 0.25) is 6.79 Å². The lowest BCUT2D eigenvalue weighted by molar-refractivity contribution is -0.0136. The third kappa shape index (κ3) is 7.00. The zero-order valence-corrected chi connectivity index (χ0v) is 34.1. The first-order valence-electron chi connectivity index (χ1n) is 20.4. The number of hydrogen-bond donors (Lipinski definition) is 1. The fourth-order valence-electron chi connectivity index (χ4n) is 9.38. The Morgan fingerprint density at radius 1 is 0.864 bits per heavy atom. The number of rotatable bonds is 7. The Kier molecular flexibility index (Phi) is 10.4. The summed E-state index contributed by atoms with van der Waals surface area (Å²) in [4.78, 5) is 36.8. The Morgan fingerprint density at radius 2 is 1.64 bits per heavy atom. The molecule has 1 fully saturated rings. The highest BCUT2D eigenvalue weighted by atomic mass is 35.5. The highest BCUT2D eigenvalue weighted by molar-refractivity contribution is 6.13. The number of ether oxygens (including phenoxy) is 3. The van der Waals surface area contributed by atoms with E-state index in [1.165, 1.54) is 5.56 Å². The van der Waals surface area contributed by atoms with Crippen molar-refractivity contribution in [3.8, 4) is 28.5 Å². The number of anilines is 2. The maximum Gasteiger partial charge on any atom is 0.264 e. The zero-order valence-electron chi connectivity index (χ0n) is 33.3. The van der Waals surface area contributed by atoms with Gasteiger partial charge in [-0.3, -0.25) is 19.4 Å². The van der Waals surface area contributed by atoms with Crippen LogP contribution in [0, 0.1) is 0 Å². The van der Waals surface area contributed by atoms with Crippen LogP contribution in [0.2, 0.25) is 0 Å². The molecule has 11 nitrogen and oxygen atoms in total. The van der Waals surface area contributed by atoms with Gasteiger partial charge in [0.15, 0.2) is 11.5 Å². The van der Waals surface area contributed by atoms with Gasteiger partial charge in [0, 0.05) is 90.7 Å². The van der Waals surface area contributed by atoms with Gasteiger partial charge in [-0.25, -0.2) is 0 Å². The molecule has 59 heavy (non-hydrogen) atoms. The number of morpholine rings is 1. The minimum Gasteiger partial charge on any atom is -0.508 e. The van der Waals surface area contributed by atoms with E-state index in [1.54, 1.807) is 29.2 Å². The summed E-state index contributed by atoms with van der Waals surface area (Å²) in [6, 6.07) is 29.2. The molecule has 6 heterocycles. The van der Waals surface area contributed by atoms with Crippen LogP contribution < -0.4 is 14.4 Å². The molecule has 4 aliphatic heterocycles. The number of phenolic OH excluding ortho intramolecular Hbond substituents is 1. The molecule has 304 valence electrons. The number of aromatic hydroxyl groups is 1. The second kappa shape index (κ2) is 15.8. The molecular weight excluding hydrogens is 766 g/mol. The van der Waals surface area contributed by atoms with Gasteiger partial charge in [0.05, 0.1) is 24.3 Å². The lowest BCUT2D eigenvalue weighted by Gasteiger charge is -2.42. The van der Waals surface area contributed by atoms with E-state index in [4.69, 9.17) is 14.2 Å². The fourth-order valence-corrected chi connectivity index (χ4v) is 9.38. The van der Waals surface area contributed by atoms with Gasteiger partial charge in [0.1, 0.15) is 5.75 Å². The average molecular weight is 814 g/mol. The normalized spacial score (nSPS) is 18.6. The van der Waals surface area contributed by atoms with Crippen molar-refractivity contribution < 1.29 is 28.9 Å². The maximum atomic E-state index is 15.3. The van der Waals surface area contributed by atoms with Crippen molar-refractivity contribution in [2.24, 2.45) is 7.05 Å². The third-order valence-corrected chi connectivity index (χ3v) is 12.5. The quantitative estimate of drug-likeness (QED) is 0.174. The molecular formula is C47H48ClN5O6. The smallest absolute Gasteiger partial charge is 0.264 e. The third-order valence-electron chi connectivity index (χ3n) is 12.5. The van der Waals surface area contributed by atoms with Crippen molar-refractivity contribution in [3.63, 3.8) is 0 Å². The number of amides is 2. The number of benzene rings is 4. The Morgan fingerprint density at radius 3 is 2.46 bits per heavy atom. The van der Waals surface area contributed by atoms with Crippen molar-refractivity contribution in [3.05, 3.63) is 125 Å². The molecule has 2 aromatic heterocycles. The van der Waals surface area contributed by atoms with Crippen molar-refractivity contribution in [2.45, 2.75) is 57.8 Å². The number of aryl methyl sites for hydroxylation is 1. The SMILES string of the molecule is C[C@@H]1COCCN1C[C@@H]1Cc2ccccc2CN1C(=O)c1cc2c(cc1-c1cc(C(=O)N(c3ccc(O)cc3)c3ccc4c(ccn4C)c3)c3n1CCCC3)OCO2.Cl. The largest absolute Gasteiger partial charge is 0.508 e.